The van der Waals surface area contributed by atoms with Crippen LogP contribution in [0.5, 0.6) is 0 Å². The molecule has 4 unspecified atom stereocenters. The summed E-state index contributed by atoms with van der Waals surface area (Å²) in [6.07, 6.45) is 62.1. The SMILES string of the molecule is CCCCCCCCCC/C=C/CC/C=C/CC/C=C/CCCC(O)C(O)C(CO)NC(=O)C(O)CCCCCCCCCCCCCCCCCCCCCCCCCCC. The molecule has 1 amide bonds. The zero-order chi connectivity index (χ0) is 45.2. The number of rotatable bonds is 50. The van der Waals surface area contributed by atoms with E-state index in [0.717, 1.165) is 51.4 Å². The van der Waals surface area contributed by atoms with Crippen LogP contribution in [0.4, 0.5) is 0 Å². The lowest BCUT2D eigenvalue weighted by atomic mass is 10.00. The first-order valence-electron chi connectivity index (χ1n) is 27.4. The second-order valence-corrected chi connectivity index (χ2v) is 18.9. The van der Waals surface area contributed by atoms with Crippen LogP contribution in [0.2, 0.25) is 0 Å². The Kier molecular flexibility index (Phi) is 49.3. The van der Waals surface area contributed by atoms with Gasteiger partial charge in [0.05, 0.1) is 18.8 Å². The molecule has 0 aromatic rings. The molecule has 0 aromatic carbocycles. The van der Waals surface area contributed by atoms with Crippen molar-refractivity contribution in [3.8, 4) is 0 Å². The maximum Gasteiger partial charge on any atom is 0.249 e. The Hall–Kier alpha value is -1.47. The van der Waals surface area contributed by atoms with Crippen molar-refractivity contribution in [3.05, 3.63) is 36.5 Å². The van der Waals surface area contributed by atoms with E-state index in [1.807, 2.05) is 0 Å². The number of nitrogens with one attached hydrogen (secondary N) is 1. The lowest BCUT2D eigenvalue weighted by molar-refractivity contribution is -0.132. The highest BCUT2D eigenvalue weighted by molar-refractivity contribution is 5.80. The average Bonchev–Trinajstić information content (AvgIpc) is 3.28. The minimum atomic E-state index is -1.29. The van der Waals surface area contributed by atoms with Gasteiger partial charge in [-0.1, -0.05) is 256 Å². The highest BCUT2D eigenvalue weighted by Crippen LogP contribution is 2.17. The molecular formula is C56H107NO5. The van der Waals surface area contributed by atoms with E-state index in [1.165, 1.54) is 199 Å². The van der Waals surface area contributed by atoms with Crippen molar-refractivity contribution in [3.63, 3.8) is 0 Å². The van der Waals surface area contributed by atoms with Crippen molar-refractivity contribution in [2.75, 3.05) is 6.61 Å². The van der Waals surface area contributed by atoms with Crippen LogP contribution in [0.3, 0.4) is 0 Å². The molecule has 6 heteroatoms. The van der Waals surface area contributed by atoms with Gasteiger partial charge in [-0.15, -0.1) is 0 Å². The van der Waals surface area contributed by atoms with Crippen molar-refractivity contribution < 1.29 is 25.2 Å². The Bertz CT molecular complexity index is 981. The van der Waals surface area contributed by atoms with Gasteiger partial charge in [-0.05, 0) is 64.2 Å². The Labute approximate surface area is 386 Å². The fourth-order valence-electron chi connectivity index (χ4n) is 8.50. The number of aliphatic hydroxyl groups excluding tert-OH is 4. The smallest absolute Gasteiger partial charge is 0.249 e. The number of hydrogen-bond acceptors (Lipinski definition) is 5. The molecule has 62 heavy (non-hydrogen) atoms. The number of carbonyl (C=O) groups is 1. The summed E-state index contributed by atoms with van der Waals surface area (Å²) in [5.41, 5.74) is 0. The molecule has 0 heterocycles. The first-order valence-corrected chi connectivity index (χ1v) is 27.4. The van der Waals surface area contributed by atoms with E-state index in [4.69, 9.17) is 0 Å². The zero-order valence-electron chi connectivity index (χ0n) is 41.4. The summed E-state index contributed by atoms with van der Waals surface area (Å²) in [7, 11) is 0. The molecule has 0 aromatic heterocycles. The summed E-state index contributed by atoms with van der Waals surface area (Å²) in [4.78, 5) is 12.6. The van der Waals surface area contributed by atoms with Crippen molar-refractivity contribution in [2.45, 2.75) is 308 Å². The fourth-order valence-corrected chi connectivity index (χ4v) is 8.50. The Balaban J connectivity index is 3.69. The minimum absolute atomic E-state index is 0.362. The van der Waals surface area contributed by atoms with E-state index < -0.39 is 36.9 Å². The normalized spacial score (nSPS) is 14.1. The van der Waals surface area contributed by atoms with Crippen molar-refractivity contribution in [1.82, 2.24) is 5.32 Å². The van der Waals surface area contributed by atoms with E-state index in [1.54, 1.807) is 0 Å². The van der Waals surface area contributed by atoms with Gasteiger partial charge in [0.2, 0.25) is 5.91 Å². The summed E-state index contributed by atoms with van der Waals surface area (Å²) in [5.74, 6) is -0.595. The molecule has 5 N–H and O–H groups in total. The Morgan fingerprint density at radius 3 is 1.02 bits per heavy atom. The monoisotopic (exact) mass is 874 g/mol. The molecule has 6 nitrogen and oxygen atoms in total. The number of unbranched alkanes of at least 4 members (excludes halogenated alkanes) is 35. The molecular weight excluding hydrogens is 767 g/mol. The Morgan fingerprint density at radius 1 is 0.387 bits per heavy atom. The first kappa shape index (κ1) is 60.5. The maximum atomic E-state index is 12.6. The predicted molar refractivity (Wildman–Crippen MR) is 270 cm³/mol. The largest absolute Gasteiger partial charge is 0.394 e. The molecule has 0 aliphatic heterocycles. The number of aliphatic hydroxyl groups is 4. The fraction of sp³-hybridized carbons (Fsp3) is 0.875. The van der Waals surface area contributed by atoms with E-state index in [0.29, 0.717) is 19.3 Å². The number of amides is 1. The zero-order valence-corrected chi connectivity index (χ0v) is 41.4. The maximum absolute atomic E-state index is 12.6. The van der Waals surface area contributed by atoms with Gasteiger partial charge in [0.1, 0.15) is 12.2 Å². The molecule has 0 saturated heterocycles. The molecule has 4 atom stereocenters. The van der Waals surface area contributed by atoms with Gasteiger partial charge in [-0.25, -0.2) is 0 Å². The van der Waals surface area contributed by atoms with Gasteiger partial charge in [0, 0.05) is 0 Å². The lowest BCUT2D eigenvalue weighted by Gasteiger charge is -2.27. The van der Waals surface area contributed by atoms with Gasteiger partial charge in [0.15, 0.2) is 0 Å². The summed E-state index contributed by atoms with van der Waals surface area (Å²) in [6, 6.07) is -1.01. The molecule has 0 aliphatic rings. The van der Waals surface area contributed by atoms with E-state index in [9.17, 15) is 25.2 Å². The van der Waals surface area contributed by atoms with Gasteiger partial charge in [0.25, 0.3) is 0 Å². The van der Waals surface area contributed by atoms with Crippen LogP contribution >= 0.6 is 0 Å². The number of hydrogen-bond donors (Lipinski definition) is 5. The molecule has 0 saturated carbocycles. The van der Waals surface area contributed by atoms with Gasteiger partial charge in [-0.3, -0.25) is 4.79 Å². The van der Waals surface area contributed by atoms with Crippen LogP contribution < -0.4 is 5.32 Å². The Morgan fingerprint density at radius 2 is 0.677 bits per heavy atom. The molecule has 0 fully saturated rings. The topological polar surface area (TPSA) is 110 Å². The summed E-state index contributed by atoms with van der Waals surface area (Å²) >= 11 is 0. The van der Waals surface area contributed by atoms with E-state index in [2.05, 4.69) is 55.6 Å². The highest BCUT2D eigenvalue weighted by atomic mass is 16.3. The molecule has 0 rings (SSSR count). The second kappa shape index (κ2) is 50.5. The average molecular weight is 874 g/mol. The summed E-state index contributed by atoms with van der Waals surface area (Å²) in [6.45, 7) is 4.06. The third-order valence-corrected chi connectivity index (χ3v) is 12.8. The van der Waals surface area contributed by atoms with Crippen molar-refractivity contribution in [1.29, 1.82) is 0 Å². The highest BCUT2D eigenvalue weighted by Gasteiger charge is 2.28. The van der Waals surface area contributed by atoms with E-state index in [-0.39, 0.29) is 0 Å². The molecule has 0 spiro atoms. The van der Waals surface area contributed by atoms with Crippen LogP contribution in [0.1, 0.15) is 284 Å². The van der Waals surface area contributed by atoms with Crippen molar-refractivity contribution >= 4 is 5.91 Å². The van der Waals surface area contributed by atoms with E-state index >= 15 is 0 Å². The van der Waals surface area contributed by atoms with Crippen LogP contribution in [0.15, 0.2) is 36.5 Å². The quantitative estimate of drug-likeness (QED) is 0.0309. The minimum Gasteiger partial charge on any atom is -0.394 e. The summed E-state index contributed by atoms with van der Waals surface area (Å²) in [5, 5.41) is 43.9. The second-order valence-electron chi connectivity index (χ2n) is 18.9. The first-order chi connectivity index (χ1) is 30.5. The van der Waals surface area contributed by atoms with Crippen molar-refractivity contribution in [2.24, 2.45) is 0 Å². The molecule has 0 radical (unpaired) electrons. The molecule has 0 aliphatic carbocycles. The summed E-state index contributed by atoms with van der Waals surface area (Å²) < 4.78 is 0. The van der Waals surface area contributed by atoms with Crippen LogP contribution in [0, 0.1) is 0 Å². The molecule has 0 bridgehead atoms. The molecule has 366 valence electrons. The van der Waals surface area contributed by atoms with Crippen LogP contribution in [-0.2, 0) is 4.79 Å². The van der Waals surface area contributed by atoms with Crippen LogP contribution in [-0.4, -0.2) is 57.3 Å². The van der Waals surface area contributed by atoms with Gasteiger partial charge >= 0.3 is 0 Å². The third kappa shape index (κ3) is 43.8. The van der Waals surface area contributed by atoms with Crippen LogP contribution in [0.25, 0.3) is 0 Å². The third-order valence-electron chi connectivity index (χ3n) is 12.8. The number of carbonyl (C=O) groups excluding carboxylic acids is 1. The van der Waals surface area contributed by atoms with Gasteiger partial charge < -0.3 is 25.7 Å². The lowest BCUT2D eigenvalue weighted by Crippen LogP contribution is -2.53. The number of allylic oxidation sites excluding steroid dienone is 6. The predicted octanol–water partition coefficient (Wildman–Crippen LogP) is 15.6. The van der Waals surface area contributed by atoms with Gasteiger partial charge in [-0.2, -0.15) is 0 Å². The standard InChI is InChI=1S/C56H107NO5/c1-3-5-7-9-11-13-15-17-19-21-23-25-26-27-28-30-32-34-36-38-40-42-44-46-48-50-54(60)56(62)57-52(51-58)55(61)53(59)49-47-45-43-41-39-37-35-33-31-29-24-22-20-18-16-14-12-10-8-6-4-2/h22,24,33,35,41,43,52-55,58-61H,3-21,23,25-32,34,36-40,42,44-51H2,1-2H3,(H,57,62)/b24-22+,35-33+,43-41+.